The number of ether oxygens (including phenoxy) is 4. The van der Waals surface area contributed by atoms with Crippen molar-refractivity contribution in [1.29, 1.82) is 0 Å². The number of methoxy groups -OCH3 is 3. The van der Waals surface area contributed by atoms with Crippen LogP contribution in [0.1, 0.15) is 12.8 Å². The first-order chi connectivity index (χ1) is 15.6. The zero-order valence-electron chi connectivity index (χ0n) is 18.5. The van der Waals surface area contributed by atoms with Crippen molar-refractivity contribution in [2.45, 2.75) is 18.9 Å². The monoisotopic (exact) mass is 437 g/mol. The van der Waals surface area contributed by atoms with E-state index in [1.165, 1.54) is 0 Å². The van der Waals surface area contributed by atoms with Crippen LogP contribution in [0.25, 0.3) is 22.2 Å². The quantitative estimate of drug-likeness (QED) is 0.549. The number of aromatic nitrogens is 2. The van der Waals surface area contributed by atoms with Gasteiger partial charge >= 0.3 is 0 Å². The molecule has 1 unspecified atom stereocenters. The number of hydrogen-bond donors (Lipinski definition) is 1. The van der Waals surface area contributed by atoms with E-state index >= 15 is 0 Å². The third-order valence-electron chi connectivity index (χ3n) is 5.65. The van der Waals surface area contributed by atoms with Gasteiger partial charge in [0.25, 0.3) is 0 Å². The summed E-state index contributed by atoms with van der Waals surface area (Å²) in [6.45, 7) is 1.11. The number of nitrogens with zero attached hydrogens (tertiary/aromatic N) is 2. The molecule has 1 aliphatic rings. The molecule has 2 aromatic heterocycles. The van der Waals surface area contributed by atoms with Crippen molar-refractivity contribution < 1.29 is 23.7 Å². The molecule has 1 saturated heterocycles. The normalized spacial score (nSPS) is 16.6. The van der Waals surface area contributed by atoms with E-state index in [-0.39, 0.29) is 17.9 Å². The number of rotatable bonds is 9. The SMILES string of the molecule is COCCC(Oc1nc(-c2ccc(OC)c(OC)c2)cc2ncccc12)[C@H]1CNC(=O)C1. The molecule has 1 fully saturated rings. The second kappa shape index (κ2) is 9.82. The molecule has 168 valence electrons. The predicted molar refractivity (Wildman–Crippen MR) is 120 cm³/mol. The minimum absolute atomic E-state index is 0.0413. The first-order valence-electron chi connectivity index (χ1n) is 10.5. The minimum Gasteiger partial charge on any atom is -0.493 e. The van der Waals surface area contributed by atoms with Crippen molar-refractivity contribution in [3.05, 3.63) is 42.6 Å². The van der Waals surface area contributed by atoms with Crippen molar-refractivity contribution >= 4 is 16.8 Å². The maximum Gasteiger partial charge on any atom is 0.223 e. The Morgan fingerprint density at radius 1 is 1.12 bits per heavy atom. The standard InChI is InChI=1S/C24H27N3O5/c1-29-10-8-20(16-12-23(28)26-14-16)32-24-17-5-4-9-25-19(17)13-18(27-24)15-6-7-21(30-2)22(11-15)31-3/h4-7,9,11,13,16,20H,8,10,12,14H2,1-3H3,(H,26,28)/t16-,20?/m1/s1. The molecule has 1 aromatic carbocycles. The highest BCUT2D eigenvalue weighted by Gasteiger charge is 2.31. The summed E-state index contributed by atoms with van der Waals surface area (Å²) < 4.78 is 22.5. The fourth-order valence-electron chi connectivity index (χ4n) is 3.94. The number of carbonyl (C=O) groups is 1. The summed E-state index contributed by atoms with van der Waals surface area (Å²) in [5.41, 5.74) is 2.33. The van der Waals surface area contributed by atoms with Gasteiger partial charge in [-0.2, -0.15) is 0 Å². The number of fused-ring (bicyclic) bond motifs is 1. The van der Waals surface area contributed by atoms with Crippen LogP contribution in [0.5, 0.6) is 17.4 Å². The molecule has 0 spiro atoms. The van der Waals surface area contributed by atoms with Crippen LogP contribution in [-0.4, -0.2) is 56.5 Å². The van der Waals surface area contributed by atoms with Crippen LogP contribution < -0.4 is 19.5 Å². The second-order valence-corrected chi connectivity index (χ2v) is 7.66. The largest absolute Gasteiger partial charge is 0.493 e. The van der Waals surface area contributed by atoms with E-state index in [0.717, 1.165) is 16.5 Å². The number of nitrogens with one attached hydrogen (secondary N) is 1. The maximum atomic E-state index is 11.8. The van der Waals surface area contributed by atoms with Gasteiger partial charge in [-0.05, 0) is 36.4 Å². The third kappa shape index (κ3) is 4.60. The van der Waals surface area contributed by atoms with E-state index in [9.17, 15) is 4.79 Å². The molecule has 1 amide bonds. The highest BCUT2D eigenvalue weighted by atomic mass is 16.5. The van der Waals surface area contributed by atoms with Gasteiger partial charge in [-0.15, -0.1) is 0 Å². The van der Waals surface area contributed by atoms with Crippen LogP contribution in [0, 0.1) is 5.92 Å². The van der Waals surface area contributed by atoms with Crippen LogP contribution >= 0.6 is 0 Å². The summed E-state index contributed by atoms with van der Waals surface area (Å²) in [6, 6.07) is 11.4. The first kappa shape index (κ1) is 21.8. The number of hydrogen-bond acceptors (Lipinski definition) is 7. The fraction of sp³-hybridized carbons (Fsp3) is 0.375. The molecule has 8 nitrogen and oxygen atoms in total. The zero-order chi connectivity index (χ0) is 22.5. The molecule has 4 rings (SSSR count). The molecular formula is C24H27N3O5. The Balaban J connectivity index is 1.74. The average molecular weight is 437 g/mol. The summed E-state index contributed by atoms with van der Waals surface area (Å²) >= 11 is 0. The summed E-state index contributed by atoms with van der Waals surface area (Å²) in [5, 5.41) is 3.71. The lowest BCUT2D eigenvalue weighted by molar-refractivity contribution is -0.119. The number of carbonyl (C=O) groups excluding carboxylic acids is 1. The lowest BCUT2D eigenvalue weighted by Gasteiger charge is -2.24. The highest BCUT2D eigenvalue weighted by Crippen LogP contribution is 2.35. The molecule has 3 aromatic rings. The van der Waals surface area contributed by atoms with Crippen LogP contribution in [0.15, 0.2) is 42.6 Å². The van der Waals surface area contributed by atoms with E-state index in [4.69, 9.17) is 23.9 Å². The molecule has 1 aliphatic heterocycles. The molecule has 3 heterocycles. The van der Waals surface area contributed by atoms with Crippen LogP contribution in [0.2, 0.25) is 0 Å². The number of pyridine rings is 2. The van der Waals surface area contributed by atoms with Crippen molar-refractivity contribution in [3.8, 4) is 28.6 Å². The van der Waals surface area contributed by atoms with Gasteiger partial charge in [-0.1, -0.05) is 0 Å². The van der Waals surface area contributed by atoms with Gasteiger partial charge in [0.2, 0.25) is 11.8 Å². The molecule has 0 aliphatic carbocycles. The summed E-state index contributed by atoms with van der Waals surface area (Å²) in [6.07, 6.45) is 2.61. The van der Waals surface area contributed by atoms with Gasteiger partial charge in [0.05, 0.1) is 30.8 Å². The Hall–Kier alpha value is -3.39. The van der Waals surface area contributed by atoms with Crippen molar-refractivity contribution in [2.75, 3.05) is 34.5 Å². The summed E-state index contributed by atoms with van der Waals surface area (Å²) in [4.78, 5) is 21.2. The third-order valence-corrected chi connectivity index (χ3v) is 5.65. The smallest absolute Gasteiger partial charge is 0.223 e. The molecule has 32 heavy (non-hydrogen) atoms. The van der Waals surface area contributed by atoms with Gasteiger partial charge in [-0.25, -0.2) is 4.98 Å². The minimum atomic E-state index is -0.217. The Morgan fingerprint density at radius 3 is 2.69 bits per heavy atom. The lowest BCUT2D eigenvalue weighted by atomic mass is 9.99. The topological polar surface area (TPSA) is 91.8 Å². The van der Waals surface area contributed by atoms with Gasteiger partial charge in [-0.3, -0.25) is 9.78 Å². The second-order valence-electron chi connectivity index (χ2n) is 7.66. The van der Waals surface area contributed by atoms with Gasteiger partial charge in [0.1, 0.15) is 6.10 Å². The highest BCUT2D eigenvalue weighted by molar-refractivity contribution is 5.87. The predicted octanol–water partition coefficient (Wildman–Crippen LogP) is 3.23. The van der Waals surface area contributed by atoms with Crippen molar-refractivity contribution in [2.24, 2.45) is 5.92 Å². The van der Waals surface area contributed by atoms with E-state index in [2.05, 4.69) is 10.3 Å². The molecule has 0 radical (unpaired) electrons. The maximum absolute atomic E-state index is 11.8. The Kier molecular flexibility index (Phi) is 6.70. The van der Waals surface area contributed by atoms with Gasteiger partial charge in [0.15, 0.2) is 11.5 Å². The van der Waals surface area contributed by atoms with E-state index < -0.39 is 0 Å². The number of benzene rings is 1. The van der Waals surface area contributed by atoms with Gasteiger partial charge in [0, 0.05) is 50.8 Å². The summed E-state index contributed by atoms with van der Waals surface area (Å²) in [5.74, 6) is 1.84. The first-order valence-corrected chi connectivity index (χ1v) is 10.5. The van der Waals surface area contributed by atoms with Crippen molar-refractivity contribution in [3.63, 3.8) is 0 Å². The molecular weight excluding hydrogens is 410 g/mol. The van der Waals surface area contributed by atoms with E-state index in [0.29, 0.717) is 49.1 Å². The zero-order valence-corrected chi connectivity index (χ0v) is 18.5. The molecule has 0 bridgehead atoms. The van der Waals surface area contributed by atoms with Crippen LogP contribution in [-0.2, 0) is 9.53 Å². The molecule has 2 atom stereocenters. The molecule has 1 N–H and O–H groups in total. The Bertz CT molecular complexity index is 1100. The van der Waals surface area contributed by atoms with Crippen LogP contribution in [0.3, 0.4) is 0 Å². The number of amides is 1. The van der Waals surface area contributed by atoms with E-state index in [1.54, 1.807) is 27.5 Å². The van der Waals surface area contributed by atoms with Crippen LogP contribution in [0.4, 0.5) is 0 Å². The van der Waals surface area contributed by atoms with Crippen molar-refractivity contribution in [1.82, 2.24) is 15.3 Å². The Labute approximate surface area is 186 Å². The molecule has 8 heteroatoms. The van der Waals surface area contributed by atoms with Gasteiger partial charge < -0.3 is 24.3 Å². The lowest BCUT2D eigenvalue weighted by Crippen LogP contribution is -2.30. The Morgan fingerprint density at radius 2 is 1.97 bits per heavy atom. The van der Waals surface area contributed by atoms with E-state index in [1.807, 2.05) is 36.4 Å². The fourth-order valence-corrected chi connectivity index (χ4v) is 3.94. The average Bonchev–Trinajstić information content (AvgIpc) is 3.27. The molecule has 0 saturated carbocycles. The summed E-state index contributed by atoms with van der Waals surface area (Å²) in [7, 11) is 4.86.